The van der Waals surface area contributed by atoms with Gasteiger partial charge in [-0.3, -0.25) is 4.79 Å². The maximum Gasteiger partial charge on any atom is 0.252 e. The van der Waals surface area contributed by atoms with Gasteiger partial charge in [-0.05, 0) is 43.7 Å². The molecular formula is C22H27N3O. The molecule has 0 spiro atoms. The van der Waals surface area contributed by atoms with Crippen LogP contribution in [-0.2, 0) is 7.05 Å². The van der Waals surface area contributed by atoms with Crippen molar-refractivity contribution in [1.82, 2.24) is 14.9 Å². The van der Waals surface area contributed by atoms with E-state index in [0.29, 0.717) is 12.1 Å². The van der Waals surface area contributed by atoms with Gasteiger partial charge < -0.3 is 9.88 Å². The summed E-state index contributed by atoms with van der Waals surface area (Å²) in [6.07, 6.45) is 6.57. The highest BCUT2D eigenvalue weighted by molar-refractivity contribution is 6.07. The van der Waals surface area contributed by atoms with Gasteiger partial charge in [-0.1, -0.05) is 37.8 Å². The number of pyridine rings is 1. The summed E-state index contributed by atoms with van der Waals surface area (Å²) in [5.74, 6) is -0.0186. The summed E-state index contributed by atoms with van der Waals surface area (Å²) in [4.78, 5) is 17.6. The molecule has 0 saturated heterocycles. The van der Waals surface area contributed by atoms with E-state index < -0.39 is 0 Å². The van der Waals surface area contributed by atoms with E-state index >= 15 is 0 Å². The van der Waals surface area contributed by atoms with Crippen molar-refractivity contribution in [2.75, 3.05) is 6.54 Å². The van der Waals surface area contributed by atoms with Crippen LogP contribution in [0, 0.1) is 6.92 Å². The van der Waals surface area contributed by atoms with Crippen molar-refractivity contribution in [3.8, 4) is 11.4 Å². The fourth-order valence-electron chi connectivity index (χ4n) is 3.23. The minimum Gasteiger partial charge on any atom is -0.352 e. The summed E-state index contributed by atoms with van der Waals surface area (Å²) in [5.41, 5.74) is 4.51. The van der Waals surface area contributed by atoms with Crippen molar-refractivity contribution >= 4 is 16.8 Å². The molecule has 136 valence electrons. The number of carbonyl (C=O) groups is 1. The number of unbranched alkanes of at least 4 members (excludes halogenated alkanes) is 3. The number of amides is 1. The predicted octanol–water partition coefficient (Wildman–Crippen LogP) is 4.86. The van der Waals surface area contributed by atoms with Crippen LogP contribution in [0.1, 0.15) is 48.5 Å². The first kappa shape index (κ1) is 18.2. The Hall–Kier alpha value is -2.62. The van der Waals surface area contributed by atoms with Gasteiger partial charge in [0.1, 0.15) is 0 Å². The summed E-state index contributed by atoms with van der Waals surface area (Å²) in [5, 5.41) is 3.99. The van der Waals surface area contributed by atoms with Crippen molar-refractivity contribution in [2.45, 2.75) is 39.5 Å². The minimum absolute atomic E-state index is 0.0186. The quantitative estimate of drug-likeness (QED) is 0.619. The van der Waals surface area contributed by atoms with Crippen LogP contribution in [0.5, 0.6) is 0 Å². The predicted molar refractivity (Wildman–Crippen MR) is 107 cm³/mol. The van der Waals surface area contributed by atoms with Crippen molar-refractivity contribution in [2.24, 2.45) is 7.05 Å². The van der Waals surface area contributed by atoms with Gasteiger partial charge in [0, 0.05) is 25.2 Å². The standard InChI is InChI=1S/C22H27N3O/c1-4-5-6-7-12-23-22(26)18-15-20(21-9-8-13-25(21)3)24-19-11-10-16(2)14-17(18)19/h8-11,13-15H,4-7,12H2,1-3H3,(H,23,26). The van der Waals surface area contributed by atoms with Crippen LogP contribution in [0.3, 0.4) is 0 Å². The average Bonchev–Trinajstić information content (AvgIpc) is 3.06. The van der Waals surface area contributed by atoms with Crippen LogP contribution in [0.15, 0.2) is 42.6 Å². The SMILES string of the molecule is CCCCCCNC(=O)c1cc(-c2cccn2C)nc2ccc(C)cc12. The first-order chi connectivity index (χ1) is 12.6. The Morgan fingerprint density at radius 2 is 2.00 bits per heavy atom. The van der Waals surface area contributed by atoms with Crippen LogP contribution in [0.2, 0.25) is 0 Å². The fraction of sp³-hybridized carbons (Fsp3) is 0.364. The summed E-state index contributed by atoms with van der Waals surface area (Å²) < 4.78 is 2.02. The van der Waals surface area contributed by atoms with E-state index in [1.54, 1.807) is 0 Å². The van der Waals surface area contributed by atoms with Gasteiger partial charge in [-0.25, -0.2) is 4.98 Å². The number of rotatable bonds is 7. The Labute approximate surface area is 155 Å². The second-order valence-electron chi connectivity index (χ2n) is 6.90. The van der Waals surface area contributed by atoms with Gasteiger partial charge in [0.2, 0.25) is 0 Å². The van der Waals surface area contributed by atoms with E-state index in [2.05, 4.69) is 12.2 Å². The summed E-state index contributed by atoms with van der Waals surface area (Å²) >= 11 is 0. The number of hydrogen-bond donors (Lipinski definition) is 1. The van der Waals surface area contributed by atoms with E-state index in [9.17, 15) is 4.79 Å². The van der Waals surface area contributed by atoms with Gasteiger partial charge in [0.25, 0.3) is 5.91 Å². The van der Waals surface area contributed by atoms with E-state index in [4.69, 9.17) is 4.98 Å². The molecule has 0 atom stereocenters. The van der Waals surface area contributed by atoms with Crippen LogP contribution in [-0.4, -0.2) is 22.0 Å². The minimum atomic E-state index is -0.0186. The molecule has 1 N–H and O–H groups in total. The molecule has 0 fully saturated rings. The number of carbonyl (C=O) groups excluding carboxylic acids is 1. The fourth-order valence-corrected chi connectivity index (χ4v) is 3.23. The lowest BCUT2D eigenvalue weighted by Gasteiger charge is -2.12. The third-order valence-corrected chi connectivity index (χ3v) is 4.73. The van der Waals surface area contributed by atoms with Gasteiger partial charge in [0.05, 0.1) is 22.5 Å². The van der Waals surface area contributed by atoms with E-state index in [-0.39, 0.29) is 5.91 Å². The lowest BCUT2D eigenvalue weighted by molar-refractivity contribution is 0.0954. The molecule has 2 aromatic heterocycles. The van der Waals surface area contributed by atoms with Crippen LogP contribution in [0.25, 0.3) is 22.3 Å². The summed E-state index contributed by atoms with van der Waals surface area (Å²) in [6, 6.07) is 12.0. The molecule has 0 aliphatic heterocycles. The van der Waals surface area contributed by atoms with Crippen molar-refractivity contribution in [3.05, 3.63) is 53.7 Å². The van der Waals surface area contributed by atoms with Crippen LogP contribution in [0.4, 0.5) is 0 Å². The Bertz CT molecular complexity index is 911. The first-order valence-electron chi connectivity index (χ1n) is 9.41. The zero-order chi connectivity index (χ0) is 18.5. The zero-order valence-electron chi connectivity index (χ0n) is 15.9. The normalized spacial score (nSPS) is 11.0. The van der Waals surface area contributed by atoms with Gasteiger partial charge in [-0.2, -0.15) is 0 Å². The second-order valence-corrected chi connectivity index (χ2v) is 6.90. The molecule has 1 amide bonds. The zero-order valence-corrected chi connectivity index (χ0v) is 15.9. The number of hydrogen-bond acceptors (Lipinski definition) is 2. The number of nitrogens with zero attached hydrogens (tertiary/aromatic N) is 2. The molecule has 0 unspecified atom stereocenters. The third kappa shape index (κ3) is 3.96. The molecule has 26 heavy (non-hydrogen) atoms. The monoisotopic (exact) mass is 349 g/mol. The molecule has 2 heterocycles. The molecule has 0 aliphatic carbocycles. The van der Waals surface area contributed by atoms with Crippen molar-refractivity contribution in [3.63, 3.8) is 0 Å². The number of benzene rings is 1. The number of nitrogens with one attached hydrogen (secondary N) is 1. The van der Waals surface area contributed by atoms with Crippen LogP contribution < -0.4 is 5.32 Å². The van der Waals surface area contributed by atoms with Gasteiger partial charge in [0.15, 0.2) is 0 Å². The highest BCUT2D eigenvalue weighted by Crippen LogP contribution is 2.26. The van der Waals surface area contributed by atoms with Gasteiger partial charge >= 0.3 is 0 Å². The van der Waals surface area contributed by atoms with E-state index in [1.165, 1.54) is 12.8 Å². The maximum atomic E-state index is 12.9. The maximum absolute atomic E-state index is 12.9. The number of aromatic nitrogens is 2. The highest BCUT2D eigenvalue weighted by Gasteiger charge is 2.15. The third-order valence-electron chi connectivity index (χ3n) is 4.73. The average molecular weight is 349 g/mol. The van der Waals surface area contributed by atoms with Crippen LogP contribution >= 0.6 is 0 Å². The van der Waals surface area contributed by atoms with E-state index in [1.807, 2.05) is 61.1 Å². The Morgan fingerprint density at radius 3 is 2.73 bits per heavy atom. The lowest BCUT2D eigenvalue weighted by Crippen LogP contribution is -2.25. The molecule has 0 saturated carbocycles. The lowest BCUT2D eigenvalue weighted by atomic mass is 10.0. The molecule has 3 aromatic rings. The Balaban J connectivity index is 1.95. The highest BCUT2D eigenvalue weighted by atomic mass is 16.1. The Kier molecular flexibility index (Phi) is 5.71. The number of fused-ring (bicyclic) bond motifs is 1. The van der Waals surface area contributed by atoms with E-state index in [0.717, 1.165) is 40.7 Å². The molecule has 3 rings (SSSR count). The first-order valence-corrected chi connectivity index (χ1v) is 9.41. The molecular weight excluding hydrogens is 322 g/mol. The molecule has 4 nitrogen and oxygen atoms in total. The second kappa shape index (κ2) is 8.17. The van der Waals surface area contributed by atoms with Crippen molar-refractivity contribution < 1.29 is 4.79 Å². The molecule has 4 heteroatoms. The number of aryl methyl sites for hydroxylation is 2. The van der Waals surface area contributed by atoms with Crippen molar-refractivity contribution in [1.29, 1.82) is 0 Å². The Morgan fingerprint density at radius 1 is 1.15 bits per heavy atom. The largest absolute Gasteiger partial charge is 0.352 e. The summed E-state index contributed by atoms with van der Waals surface area (Å²) in [7, 11) is 1.99. The topological polar surface area (TPSA) is 46.9 Å². The summed E-state index contributed by atoms with van der Waals surface area (Å²) in [6.45, 7) is 4.94. The molecule has 0 aliphatic rings. The molecule has 0 radical (unpaired) electrons. The van der Waals surface area contributed by atoms with Gasteiger partial charge in [-0.15, -0.1) is 0 Å². The molecule has 1 aromatic carbocycles. The smallest absolute Gasteiger partial charge is 0.252 e. The molecule has 0 bridgehead atoms.